The largest absolute Gasteiger partial charge is 0.399 e. The van der Waals surface area contributed by atoms with E-state index in [1.807, 2.05) is 0 Å². The molecular weight excluding hydrogens is 168 g/mol. The van der Waals surface area contributed by atoms with Crippen LogP contribution in [0.1, 0.15) is 0 Å². The van der Waals surface area contributed by atoms with Crippen molar-refractivity contribution in [3.63, 3.8) is 0 Å². The summed E-state index contributed by atoms with van der Waals surface area (Å²) in [6.45, 7) is 0. The molecule has 0 aliphatic rings. The van der Waals surface area contributed by atoms with E-state index in [9.17, 15) is 8.78 Å². The summed E-state index contributed by atoms with van der Waals surface area (Å²) < 4.78 is 23.5. The fraction of sp³-hybridized carbons (Fsp3) is 0.143. The van der Waals surface area contributed by atoms with Crippen molar-refractivity contribution in [3.05, 3.63) is 24.3 Å². The molecule has 0 saturated carbocycles. The summed E-state index contributed by atoms with van der Waals surface area (Å²) in [6.07, 6.45) is 0. The first-order valence-corrected chi connectivity index (χ1v) is 3.87. The Morgan fingerprint density at radius 3 is 2.18 bits per heavy atom. The van der Waals surface area contributed by atoms with E-state index in [1.54, 1.807) is 24.3 Å². The highest BCUT2D eigenvalue weighted by atomic mass is 32.2. The van der Waals surface area contributed by atoms with E-state index in [1.165, 1.54) is 0 Å². The highest BCUT2D eigenvalue weighted by molar-refractivity contribution is 7.99. The Labute approximate surface area is 67.6 Å². The van der Waals surface area contributed by atoms with Crippen LogP contribution in [0.2, 0.25) is 0 Å². The lowest BCUT2D eigenvalue weighted by molar-refractivity contribution is 0.252. The number of rotatable bonds is 2. The average molecular weight is 175 g/mol. The Balaban J connectivity index is 2.66. The Kier molecular flexibility index (Phi) is 2.70. The summed E-state index contributed by atoms with van der Waals surface area (Å²) in [4.78, 5) is 0.536. The van der Waals surface area contributed by atoms with E-state index in [-0.39, 0.29) is 0 Å². The van der Waals surface area contributed by atoms with Gasteiger partial charge in [0.15, 0.2) is 0 Å². The molecule has 0 aromatic heterocycles. The molecular formula is C7H7F2NS. The molecule has 1 nitrogen and oxygen atoms in total. The van der Waals surface area contributed by atoms with Crippen molar-refractivity contribution < 1.29 is 8.78 Å². The van der Waals surface area contributed by atoms with Crippen LogP contribution in [0.4, 0.5) is 14.5 Å². The van der Waals surface area contributed by atoms with Gasteiger partial charge in [-0.1, -0.05) is 11.8 Å². The topological polar surface area (TPSA) is 26.0 Å². The number of anilines is 1. The SMILES string of the molecule is Nc1ccc(SC(F)F)cc1. The van der Waals surface area contributed by atoms with Crippen LogP contribution >= 0.6 is 11.8 Å². The van der Waals surface area contributed by atoms with Crippen LogP contribution in [-0.2, 0) is 0 Å². The molecule has 0 unspecified atom stereocenters. The molecule has 0 bridgehead atoms. The number of nitrogens with two attached hydrogens (primary N) is 1. The van der Waals surface area contributed by atoms with Gasteiger partial charge < -0.3 is 5.73 Å². The second kappa shape index (κ2) is 3.57. The van der Waals surface area contributed by atoms with E-state index in [4.69, 9.17) is 5.73 Å². The van der Waals surface area contributed by atoms with Crippen LogP contribution in [-0.4, -0.2) is 5.76 Å². The number of hydrogen-bond donors (Lipinski definition) is 1. The summed E-state index contributed by atoms with van der Waals surface area (Å²) in [7, 11) is 0. The Morgan fingerprint density at radius 1 is 1.18 bits per heavy atom. The van der Waals surface area contributed by atoms with Gasteiger partial charge in [0, 0.05) is 10.6 Å². The summed E-state index contributed by atoms with van der Waals surface area (Å²) >= 11 is 0.518. The van der Waals surface area contributed by atoms with Crippen molar-refractivity contribution in [3.8, 4) is 0 Å². The lowest BCUT2D eigenvalue weighted by atomic mass is 10.3. The zero-order chi connectivity index (χ0) is 8.27. The molecule has 1 aromatic carbocycles. The minimum Gasteiger partial charge on any atom is -0.399 e. The Morgan fingerprint density at radius 2 is 1.73 bits per heavy atom. The van der Waals surface area contributed by atoms with Gasteiger partial charge >= 0.3 is 0 Å². The number of thioether (sulfide) groups is 1. The van der Waals surface area contributed by atoms with E-state index in [0.29, 0.717) is 22.3 Å². The van der Waals surface area contributed by atoms with E-state index >= 15 is 0 Å². The molecule has 60 valence electrons. The molecule has 0 spiro atoms. The molecule has 1 rings (SSSR count). The first-order valence-electron chi connectivity index (χ1n) is 2.99. The van der Waals surface area contributed by atoms with E-state index in [0.717, 1.165) is 0 Å². The molecule has 4 heteroatoms. The minimum absolute atomic E-state index is 0.518. The van der Waals surface area contributed by atoms with Gasteiger partial charge in [0.05, 0.1) is 0 Å². The second-order valence-corrected chi connectivity index (χ2v) is 3.01. The minimum atomic E-state index is -2.36. The van der Waals surface area contributed by atoms with Gasteiger partial charge in [-0.25, -0.2) is 0 Å². The van der Waals surface area contributed by atoms with E-state index < -0.39 is 5.76 Å². The molecule has 0 saturated heterocycles. The van der Waals surface area contributed by atoms with Crippen LogP contribution in [0.3, 0.4) is 0 Å². The van der Waals surface area contributed by atoms with Crippen LogP contribution in [0.25, 0.3) is 0 Å². The van der Waals surface area contributed by atoms with Crippen molar-refractivity contribution >= 4 is 17.4 Å². The molecule has 2 N–H and O–H groups in total. The maximum absolute atomic E-state index is 11.8. The van der Waals surface area contributed by atoms with Gasteiger partial charge in [-0.3, -0.25) is 0 Å². The lowest BCUT2D eigenvalue weighted by Gasteiger charge is -1.98. The molecule has 0 fully saturated rings. The maximum Gasteiger partial charge on any atom is 0.288 e. The number of alkyl halides is 2. The van der Waals surface area contributed by atoms with Crippen molar-refractivity contribution in [2.75, 3.05) is 5.73 Å². The molecule has 11 heavy (non-hydrogen) atoms. The van der Waals surface area contributed by atoms with Gasteiger partial charge in [0.1, 0.15) is 0 Å². The number of hydrogen-bond acceptors (Lipinski definition) is 2. The lowest BCUT2D eigenvalue weighted by Crippen LogP contribution is -1.84. The zero-order valence-electron chi connectivity index (χ0n) is 5.63. The molecule has 0 atom stereocenters. The summed E-state index contributed by atoms with van der Waals surface area (Å²) in [5.74, 6) is -2.36. The molecule has 0 amide bonds. The number of nitrogen functional groups attached to an aromatic ring is 1. The Hall–Kier alpha value is -0.770. The monoisotopic (exact) mass is 175 g/mol. The normalized spacial score (nSPS) is 10.5. The van der Waals surface area contributed by atoms with Crippen molar-refractivity contribution in [2.45, 2.75) is 10.7 Å². The number of halogens is 2. The summed E-state index contributed by atoms with van der Waals surface area (Å²) in [5.41, 5.74) is 5.95. The molecule has 0 aliphatic heterocycles. The first kappa shape index (κ1) is 8.33. The predicted octanol–water partition coefficient (Wildman–Crippen LogP) is 2.58. The third-order valence-electron chi connectivity index (χ3n) is 1.11. The molecule has 0 aliphatic carbocycles. The first-order chi connectivity index (χ1) is 5.18. The molecule has 0 heterocycles. The van der Waals surface area contributed by atoms with Gasteiger partial charge in [-0.15, -0.1) is 0 Å². The van der Waals surface area contributed by atoms with Gasteiger partial charge in [-0.05, 0) is 24.3 Å². The van der Waals surface area contributed by atoms with Crippen molar-refractivity contribution in [1.82, 2.24) is 0 Å². The average Bonchev–Trinajstić information content (AvgIpc) is 1.93. The number of benzene rings is 1. The summed E-state index contributed by atoms with van der Waals surface area (Å²) in [6, 6.07) is 6.35. The quantitative estimate of drug-likeness (QED) is 0.552. The van der Waals surface area contributed by atoms with Gasteiger partial charge in [-0.2, -0.15) is 8.78 Å². The van der Waals surface area contributed by atoms with Crippen LogP contribution in [0.5, 0.6) is 0 Å². The third kappa shape index (κ3) is 2.76. The summed E-state index contributed by atoms with van der Waals surface area (Å²) in [5, 5.41) is 0. The third-order valence-corrected chi connectivity index (χ3v) is 1.83. The second-order valence-electron chi connectivity index (χ2n) is 1.95. The van der Waals surface area contributed by atoms with Crippen molar-refractivity contribution in [2.24, 2.45) is 0 Å². The smallest absolute Gasteiger partial charge is 0.288 e. The van der Waals surface area contributed by atoms with Gasteiger partial charge in [0.2, 0.25) is 0 Å². The fourth-order valence-electron chi connectivity index (χ4n) is 0.649. The van der Waals surface area contributed by atoms with Crippen LogP contribution < -0.4 is 5.73 Å². The van der Waals surface area contributed by atoms with Gasteiger partial charge in [0.25, 0.3) is 5.76 Å². The van der Waals surface area contributed by atoms with Crippen LogP contribution in [0, 0.1) is 0 Å². The standard InChI is InChI=1S/C7H7F2NS/c8-7(9)11-6-3-1-5(10)2-4-6/h1-4,7H,10H2. The van der Waals surface area contributed by atoms with E-state index in [2.05, 4.69) is 0 Å². The highest BCUT2D eigenvalue weighted by Gasteiger charge is 2.03. The van der Waals surface area contributed by atoms with Crippen molar-refractivity contribution in [1.29, 1.82) is 0 Å². The maximum atomic E-state index is 11.8. The zero-order valence-corrected chi connectivity index (χ0v) is 6.44. The fourth-order valence-corrected chi connectivity index (χ4v) is 1.15. The van der Waals surface area contributed by atoms with Crippen LogP contribution in [0.15, 0.2) is 29.2 Å². The predicted molar refractivity (Wildman–Crippen MR) is 42.7 cm³/mol. The molecule has 1 aromatic rings. The molecule has 0 radical (unpaired) electrons. The highest BCUT2D eigenvalue weighted by Crippen LogP contribution is 2.25. The Bertz CT molecular complexity index is 222.